The lowest BCUT2D eigenvalue weighted by molar-refractivity contribution is -0.116. The lowest BCUT2D eigenvalue weighted by Gasteiger charge is -2.12. The van der Waals surface area contributed by atoms with Crippen LogP contribution in [0.3, 0.4) is 0 Å². The summed E-state index contributed by atoms with van der Waals surface area (Å²) in [6.07, 6.45) is 0.375. The molecule has 1 rings (SSSR count). The fourth-order valence-electron chi connectivity index (χ4n) is 1.64. The molecule has 1 aromatic rings. The van der Waals surface area contributed by atoms with Gasteiger partial charge in [0.1, 0.15) is 0 Å². The number of anilines is 1. The summed E-state index contributed by atoms with van der Waals surface area (Å²) >= 11 is 0. The van der Waals surface area contributed by atoms with E-state index in [1.165, 1.54) is 0 Å². The standard InChI is InChI=1S/C14H21N3O2/c1-9(8-15)6-13(18)17-12-7-11(14(19)16-3)5-4-10(12)2/h4-5,7,9H,6,8,15H2,1-3H3,(H,16,19)(H,17,18). The molecule has 5 nitrogen and oxygen atoms in total. The van der Waals surface area contributed by atoms with E-state index in [-0.39, 0.29) is 17.7 Å². The molecule has 1 atom stereocenters. The molecule has 0 saturated carbocycles. The molecule has 0 aliphatic heterocycles. The summed E-state index contributed by atoms with van der Waals surface area (Å²) < 4.78 is 0. The van der Waals surface area contributed by atoms with Gasteiger partial charge < -0.3 is 16.4 Å². The van der Waals surface area contributed by atoms with Gasteiger partial charge in [0.05, 0.1) is 0 Å². The first kappa shape index (κ1) is 15.2. The number of hydrogen-bond donors (Lipinski definition) is 3. The molecule has 4 N–H and O–H groups in total. The van der Waals surface area contributed by atoms with Crippen LogP contribution in [-0.2, 0) is 4.79 Å². The Kier molecular flexibility index (Phi) is 5.51. The third-order valence-corrected chi connectivity index (χ3v) is 2.94. The van der Waals surface area contributed by atoms with Crippen molar-refractivity contribution in [3.05, 3.63) is 29.3 Å². The van der Waals surface area contributed by atoms with Crippen LogP contribution in [0.2, 0.25) is 0 Å². The van der Waals surface area contributed by atoms with E-state index in [2.05, 4.69) is 10.6 Å². The molecule has 104 valence electrons. The Labute approximate surface area is 113 Å². The first-order valence-corrected chi connectivity index (χ1v) is 6.30. The Bertz CT molecular complexity index is 472. The van der Waals surface area contributed by atoms with Crippen molar-refractivity contribution in [2.24, 2.45) is 11.7 Å². The van der Waals surface area contributed by atoms with E-state index < -0.39 is 0 Å². The first-order valence-electron chi connectivity index (χ1n) is 6.30. The normalized spacial score (nSPS) is 11.8. The Balaban J connectivity index is 2.82. The number of amides is 2. The van der Waals surface area contributed by atoms with Crippen LogP contribution >= 0.6 is 0 Å². The summed E-state index contributed by atoms with van der Waals surface area (Å²) in [5.74, 6) is -0.122. The summed E-state index contributed by atoms with van der Waals surface area (Å²) in [6.45, 7) is 4.29. The number of carbonyl (C=O) groups is 2. The van der Waals surface area contributed by atoms with Crippen LogP contribution in [0.1, 0.15) is 29.3 Å². The van der Waals surface area contributed by atoms with Gasteiger partial charge in [-0.15, -0.1) is 0 Å². The van der Waals surface area contributed by atoms with Crippen LogP contribution in [0, 0.1) is 12.8 Å². The quantitative estimate of drug-likeness (QED) is 0.748. The second kappa shape index (κ2) is 6.89. The van der Waals surface area contributed by atoms with Crippen molar-refractivity contribution in [1.82, 2.24) is 5.32 Å². The molecule has 0 spiro atoms. The highest BCUT2D eigenvalue weighted by Gasteiger charge is 2.11. The van der Waals surface area contributed by atoms with Gasteiger partial charge in [0.15, 0.2) is 0 Å². The number of carbonyl (C=O) groups excluding carboxylic acids is 2. The molecule has 1 unspecified atom stereocenters. The zero-order valence-electron chi connectivity index (χ0n) is 11.6. The fourth-order valence-corrected chi connectivity index (χ4v) is 1.64. The van der Waals surface area contributed by atoms with E-state index in [1.807, 2.05) is 19.9 Å². The number of aryl methyl sites for hydroxylation is 1. The molecule has 0 radical (unpaired) electrons. The van der Waals surface area contributed by atoms with Crippen molar-refractivity contribution in [2.75, 3.05) is 18.9 Å². The van der Waals surface area contributed by atoms with Gasteiger partial charge in [0.2, 0.25) is 5.91 Å². The van der Waals surface area contributed by atoms with Crippen LogP contribution in [0.25, 0.3) is 0 Å². The molecular weight excluding hydrogens is 242 g/mol. The van der Waals surface area contributed by atoms with E-state index in [4.69, 9.17) is 5.73 Å². The van der Waals surface area contributed by atoms with Gasteiger partial charge in [0.25, 0.3) is 5.91 Å². The minimum absolute atomic E-state index is 0.0879. The summed E-state index contributed by atoms with van der Waals surface area (Å²) in [4.78, 5) is 23.4. The first-order chi connectivity index (χ1) is 8.97. The highest BCUT2D eigenvalue weighted by molar-refractivity contribution is 5.97. The molecule has 0 saturated heterocycles. The van der Waals surface area contributed by atoms with Crippen molar-refractivity contribution < 1.29 is 9.59 Å². The molecule has 0 aromatic heterocycles. The third kappa shape index (κ3) is 4.37. The van der Waals surface area contributed by atoms with E-state index in [9.17, 15) is 9.59 Å². The highest BCUT2D eigenvalue weighted by atomic mass is 16.2. The van der Waals surface area contributed by atoms with Crippen molar-refractivity contribution in [3.8, 4) is 0 Å². The number of benzene rings is 1. The number of nitrogens with two attached hydrogens (primary N) is 1. The van der Waals surface area contributed by atoms with Crippen LogP contribution in [-0.4, -0.2) is 25.4 Å². The lowest BCUT2D eigenvalue weighted by atomic mass is 10.1. The Morgan fingerprint density at radius 1 is 1.37 bits per heavy atom. The van der Waals surface area contributed by atoms with Crippen LogP contribution in [0.15, 0.2) is 18.2 Å². The summed E-state index contributed by atoms with van der Waals surface area (Å²) in [5.41, 5.74) is 7.60. The Morgan fingerprint density at radius 2 is 2.05 bits per heavy atom. The van der Waals surface area contributed by atoms with Crippen LogP contribution in [0.5, 0.6) is 0 Å². The Morgan fingerprint density at radius 3 is 2.63 bits per heavy atom. The van der Waals surface area contributed by atoms with Gasteiger partial charge in [-0.25, -0.2) is 0 Å². The molecule has 19 heavy (non-hydrogen) atoms. The van der Waals surface area contributed by atoms with Crippen molar-refractivity contribution in [3.63, 3.8) is 0 Å². The lowest BCUT2D eigenvalue weighted by Crippen LogP contribution is -2.21. The zero-order chi connectivity index (χ0) is 14.4. The van der Waals surface area contributed by atoms with Crippen molar-refractivity contribution >= 4 is 17.5 Å². The molecule has 5 heteroatoms. The van der Waals surface area contributed by atoms with Gasteiger partial charge >= 0.3 is 0 Å². The highest BCUT2D eigenvalue weighted by Crippen LogP contribution is 2.17. The van der Waals surface area contributed by atoms with Gasteiger partial charge in [0, 0.05) is 24.7 Å². The van der Waals surface area contributed by atoms with Crippen LogP contribution in [0.4, 0.5) is 5.69 Å². The fraction of sp³-hybridized carbons (Fsp3) is 0.429. The average Bonchev–Trinajstić information content (AvgIpc) is 2.40. The number of nitrogens with one attached hydrogen (secondary N) is 2. The second-order valence-corrected chi connectivity index (χ2v) is 4.70. The minimum atomic E-state index is -0.175. The maximum Gasteiger partial charge on any atom is 0.251 e. The molecule has 0 bridgehead atoms. The van der Waals surface area contributed by atoms with Gasteiger partial charge in [-0.3, -0.25) is 9.59 Å². The predicted octanol–water partition coefficient (Wildman–Crippen LogP) is 1.28. The maximum atomic E-state index is 11.8. The summed E-state index contributed by atoms with van der Waals surface area (Å²) in [5, 5.41) is 5.37. The smallest absolute Gasteiger partial charge is 0.251 e. The minimum Gasteiger partial charge on any atom is -0.355 e. The number of hydrogen-bond acceptors (Lipinski definition) is 3. The van der Waals surface area contributed by atoms with E-state index >= 15 is 0 Å². The van der Waals surface area contributed by atoms with Crippen LogP contribution < -0.4 is 16.4 Å². The molecule has 2 amide bonds. The largest absolute Gasteiger partial charge is 0.355 e. The molecule has 0 heterocycles. The van der Waals surface area contributed by atoms with E-state index in [1.54, 1.807) is 19.2 Å². The van der Waals surface area contributed by atoms with E-state index in [0.29, 0.717) is 24.2 Å². The van der Waals surface area contributed by atoms with Gasteiger partial charge in [-0.1, -0.05) is 13.0 Å². The van der Waals surface area contributed by atoms with Gasteiger partial charge in [-0.05, 0) is 37.1 Å². The van der Waals surface area contributed by atoms with Crippen molar-refractivity contribution in [2.45, 2.75) is 20.3 Å². The Hall–Kier alpha value is -1.88. The monoisotopic (exact) mass is 263 g/mol. The molecule has 0 aliphatic rings. The summed E-state index contributed by atoms with van der Waals surface area (Å²) in [7, 11) is 1.57. The van der Waals surface area contributed by atoms with E-state index in [0.717, 1.165) is 5.56 Å². The molecule has 0 fully saturated rings. The number of rotatable bonds is 5. The average molecular weight is 263 g/mol. The molecular formula is C14H21N3O2. The predicted molar refractivity (Wildman–Crippen MR) is 76.0 cm³/mol. The zero-order valence-corrected chi connectivity index (χ0v) is 11.6. The SMILES string of the molecule is CNC(=O)c1ccc(C)c(NC(=O)CC(C)CN)c1. The molecule has 0 aliphatic carbocycles. The second-order valence-electron chi connectivity index (χ2n) is 4.70. The third-order valence-electron chi connectivity index (χ3n) is 2.94. The topological polar surface area (TPSA) is 84.2 Å². The summed E-state index contributed by atoms with van der Waals surface area (Å²) in [6, 6.07) is 5.22. The van der Waals surface area contributed by atoms with Crippen molar-refractivity contribution in [1.29, 1.82) is 0 Å². The molecule has 1 aromatic carbocycles. The maximum absolute atomic E-state index is 11.8. The van der Waals surface area contributed by atoms with Gasteiger partial charge in [-0.2, -0.15) is 0 Å².